The molecular weight excluding hydrogens is 330 g/mol. The van der Waals surface area contributed by atoms with Gasteiger partial charge in [-0.3, -0.25) is 0 Å². The molecular formula is C19H15N5S. The number of thiophene rings is 1. The van der Waals surface area contributed by atoms with Gasteiger partial charge in [0.25, 0.3) is 0 Å². The molecule has 4 aromatic heterocycles. The van der Waals surface area contributed by atoms with Crippen molar-refractivity contribution < 1.29 is 0 Å². The lowest BCUT2D eigenvalue weighted by atomic mass is 10.1. The zero-order valence-corrected chi connectivity index (χ0v) is 14.5. The second-order valence-electron chi connectivity index (χ2n) is 6.34. The van der Waals surface area contributed by atoms with Crippen molar-refractivity contribution in [3.63, 3.8) is 0 Å². The first kappa shape index (κ1) is 14.6. The van der Waals surface area contributed by atoms with Crippen LogP contribution in [0.15, 0.2) is 30.6 Å². The lowest BCUT2D eigenvalue weighted by Gasteiger charge is -2.10. The zero-order chi connectivity index (χ0) is 17.0. The Hall–Kier alpha value is -2.75. The van der Waals surface area contributed by atoms with Crippen molar-refractivity contribution in [1.29, 1.82) is 5.26 Å². The fourth-order valence-electron chi connectivity index (χ4n) is 3.56. The van der Waals surface area contributed by atoms with Crippen molar-refractivity contribution in [2.45, 2.75) is 13.0 Å². The summed E-state index contributed by atoms with van der Waals surface area (Å²) in [5.41, 5.74) is 4.88. The van der Waals surface area contributed by atoms with Crippen LogP contribution in [0.4, 0.5) is 0 Å². The molecule has 5 nitrogen and oxygen atoms in total. The fourth-order valence-corrected chi connectivity index (χ4v) is 4.72. The zero-order valence-electron chi connectivity index (χ0n) is 13.7. The second-order valence-corrected chi connectivity index (χ2v) is 7.48. The highest BCUT2D eigenvalue weighted by atomic mass is 32.1. The monoisotopic (exact) mass is 345 g/mol. The lowest BCUT2D eigenvalue weighted by molar-refractivity contribution is 0.653. The summed E-state index contributed by atoms with van der Waals surface area (Å²) < 4.78 is 2.03. The number of aromatic nitrogens is 3. The van der Waals surface area contributed by atoms with Crippen LogP contribution in [0.2, 0.25) is 0 Å². The number of aryl methyl sites for hydroxylation is 1. The molecule has 0 radical (unpaired) electrons. The Bertz CT molecular complexity index is 1150. The molecule has 0 unspecified atom stereocenters. The summed E-state index contributed by atoms with van der Waals surface area (Å²) in [7, 11) is 1.99. The lowest BCUT2D eigenvalue weighted by Crippen LogP contribution is -2.21. The third-order valence-corrected chi connectivity index (χ3v) is 6.14. The molecule has 0 atom stereocenters. The molecule has 1 aliphatic rings. The molecule has 0 aromatic carbocycles. The number of pyridine rings is 2. The summed E-state index contributed by atoms with van der Waals surface area (Å²) in [6.07, 6.45) is 4.80. The minimum Gasteiger partial charge on any atom is -0.327 e. The molecule has 0 saturated carbocycles. The summed E-state index contributed by atoms with van der Waals surface area (Å²) in [5, 5.41) is 14.7. The fraction of sp³-hybridized carbons (Fsp3) is 0.211. The van der Waals surface area contributed by atoms with E-state index in [4.69, 9.17) is 10.2 Å². The summed E-state index contributed by atoms with van der Waals surface area (Å²) in [4.78, 5) is 11.6. The van der Waals surface area contributed by atoms with Gasteiger partial charge in [0.15, 0.2) is 0 Å². The molecule has 0 spiro atoms. The Kier molecular flexibility index (Phi) is 3.14. The molecule has 0 bridgehead atoms. The van der Waals surface area contributed by atoms with E-state index in [9.17, 15) is 0 Å². The van der Waals surface area contributed by atoms with Gasteiger partial charge in [-0.15, -0.1) is 11.3 Å². The average Bonchev–Trinajstić information content (AvgIpc) is 3.21. The second kappa shape index (κ2) is 5.38. The van der Waals surface area contributed by atoms with Gasteiger partial charge >= 0.3 is 0 Å². The number of hydrogen-bond donors (Lipinski definition) is 1. The molecule has 5 rings (SSSR count). The van der Waals surface area contributed by atoms with Crippen molar-refractivity contribution in [3.05, 3.63) is 46.7 Å². The molecule has 4 aromatic rings. The minimum atomic E-state index is 0.433. The minimum absolute atomic E-state index is 0.433. The van der Waals surface area contributed by atoms with Crippen molar-refractivity contribution in [1.82, 2.24) is 19.9 Å². The van der Waals surface area contributed by atoms with E-state index >= 15 is 0 Å². The SMILES string of the molecule is Cn1c2cnc(C#N)cc2c2cc(-c3cc4c(s3)CCNC4)cnc21. The number of nitrogens with zero attached hydrogens (tertiary/aromatic N) is 4. The Morgan fingerprint density at radius 2 is 2.12 bits per heavy atom. The van der Waals surface area contributed by atoms with E-state index in [2.05, 4.69) is 28.5 Å². The van der Waals surface area contributed by atoms with Gasteiger partial charge in [0.1, 0.15) is 17.4 Å². The number of fused-ring (bicyclic) bond motifs is 4. The number of hydrogen-bond acceptors (Lipinski definition) is 5. The number of rotatable bonds is 1. The van der Waals surface area contributed by atoms with Gasteiger partial charge in [-0.25, -0.2) is 9.97 Å². The van der Waals surface area contributed by atoms with Crippen molar-refractivity contribution >= 4 is 33.3 Å². The molecule has 5 heterocycles. The molecule has 0 amide bonds. The van der Waals surface area contributed by atoms with E-state index in [1.165, 1.54) is 15.3 Å². The maximum Gasteiger partial charge on any atom is 0.141 e. The number of nitriles is 1. The van der Waals surface area contributed by atoms with Gasteiger partial charge in [-0.1, -0.05) is 0 Å². The molecule has 0 saturated heterocycles. The summed E-state index contributed by atoms with van der Waals surface area (Å²) in [6, 6.07) is 8.45. The number of nitrogens with one attached hydrogen (secondary N) is 1. The van der Waals surface area contributed by atoms with E-state index in [-0.39, 0.29) is 0 Å². The maximum absolute atomic E-state index is 9.16. The van der Waals surface area contributed by atoms with Crippen LogP contribution in [0.3, 0.4) is 0 Å². The predicted molar refractivity (Wildman–Crippen MR) is 99.5 cm³/mol. The van der Waals surface area contributed by atoms with E-state index in [1.54, 1.807) is 6.20 Å². The first-order valence-corrected chi connectivity index (χ1v) is 9.03. The molecule has 122 valence electrons. The average molecular weight is 345 g/mol. The highest BCUT2D eigenvalue weighted by Crippen LogP contribution is 2.36. The van der Waals surface area contributed by atoms with Crippen LogP contribution >= 0.6 is 11.3 Å². The highest BCUT2D eigenvalue weighted by molar-refractivity contribution is 7.15. The Labute approximate surface area is 148 Å². The van der Waals surface area contributed by atoms with E-state index in [1.807, 2.05) is 35.2 Å². The van der Waals surface area contributed by atoms with Crippen LogP contribution in [-0.2, 0) is 20.0 Å². The van der Waals surface area contributed by atoms with Crippen LogP contribution in [0.25, 0.3) is 32.4 Å². The Balaban J connectivity index is 1.74. The Morgan fingerprint density at radius 1 is 1.20 bits per heavy atom. The summed E-state index contributed by atoms with van der Waals surface area (Å²) in [5.74, 6) is 0. The van der Waals surface area contributed by atoms with Gasteiger partial charge in [0.05, 0.1) is 11.7 Å². The van der Waals surface area contributed by atoms with Gasteiger partial charge < -0.3 is 9.88 Å². The summed E-state index contributed by atoms with van der Waals surface area (Å²) in [6.45, 7) is 2.00. The largest absolute Gasteiger partial charge is 0.327 e. The molecule has 25 heavy (non-hydrogen) atoms. The predicted octanol–water partition coefficient (Wildman–Crippen LogP) is 3.37. The Morgan fingerprint density at radius 3 is 2.96 bits per heavy atom. The highest BCUT2D eigenvalue weighted by Gasteiger charge is 2.16. The quantitative estimate of drug-likeness (QED) is 0.574. The molecule has 1 aliphatic heterocycles. The topological polar surface area (TPSA) is 66.5 Å². The maximum atomic E-state index is 9.16. The van der Waals surface area contributed by atoms with Crippen molar-refractivity contribution in [2.75, 3.05) is 6.54 Å². The first-order chi connectivity index (χ1) is 12.2. The third kappa shape index (κ3) is 2.17. The van der Waals surface area contributed by atoms with Crippen molar-refractivity contribution in [2.24, 2.45) is 7.05 Å². The van der Waals surface area contributed by atoms with Gasteiger partial charge in [0, 0.05) is 52.4 Å². The van der Waals surface area contributed by atoms with Crippen LogP contribution in [0, 0.1) is 11.3 Å². The third-order valence-electron chi connectivity index (χ3n) is 4.86. The molecule has 6 heteroatoms. The normalized spacial score (nSPS) is 13.9. The first-order valence-electron chi connectivity index (χ1n) is 8.21. The van der Waals surface area contributed by atoms with Gasteiger partial charge in [-0.2, -0.15) is 5.26 Å². The van der Waals surface area contributed by atoms with Crippen LogP contribution in [-0.4, -0.2) is 21.1 Å². The van der Waals surface area contributed by atoms with Crippen molar-refractivity contribution in [3.8, 4) is 16.5 Å². The molecule has 1 N–H and O–H groups in total. The van der Waals surface area contributed by atoms with Gasteiger partial charge in [-0.05, 0) is 30.2 Å². The van der Waals surface area contributed by atoms with E-state index in [0.717, 1.165) is 47.0 Å². The van der Waals surface area contributed by atoms with E-state index in [0.29, 0.717) is 5.69 Å². The smallest absolute Gasteiger partial charge is 0.141 e. The van der Waals surface area contributed by atoms with Crippen LogP contribution in [0.1, 0.15) is 16.1 Å². The van der Waals surface area contributed by atoms with Crippen LogP contribution < -0.4 is 5.32 Å². The standard InChI is InChI=1S/C19H15N5S/c1-24-16-10-22-13(7-20)6-14(16)15-4-11(9-23-19(15)24)18-5-12-8-21-3-2-17(12)25-18/h4-6,9-10,21H,2-3,8H2,1H3. The summed E-state index contributed by atoms with van der Waals surface area (Å²) >= 11 is 1.87. The van der Waals surface area contributed by atoms with Gasteiger partial charge in [0.2, 0.25) is 0 Å². The molecule has 0 fully saturated rings. The molecule has 0 aliphatic carbocycles. The van der Waals surface area contributed by atoms with Crippen LogP contribution in [0.5, 0.6) is 0 Å². The van der Waals surface area contributed by atoms with E-state index < -0.39 is 0 Å².